The number of carbonyl (C=O) groups excluding carboxylic acids is 2. The molecular formula is C30H24Cl2N2O5. The highest BCUT2D eigenvalue weighted by Crippen LogP contribution is 2.48. The molecule has 2 amide bonds. The molecule has 198 valence electrons. The van der Waals surface area contributed by atoms with Crippen molar-refractivity contribution in [3.63, 3.8) is 0 Å². The van der Waals surface area contributed by atoms with Gasteiger partial charge in [-0.05, 0) is 73.2 Å². The first kappa shape index (κ1) is 25.5. The highest BCUT2D eigenvalue weighted by Gasteiger charge is 2.61. The van der Waals surface area contributed by atoms with Crippen molar-refractivity contribution < 1.29 is 23.6 Å². The molecule has 2 aliphatic heterocycles. The Labute approximate surface area is 235 Å². The van der Waals surface area contributed by atoms with Gasteiger partial charge in [-0.25, -0.2) is 9.96 Å². The number of benzene rings is 3. The molecule has 39 heavy (non-hydrogen) atoms. The standard InChI is InChI=1S/C30H24Cl2N2O5/c1-2-16-37-21-11-9-19(10-12-21)33-29(35)26-27(34(39-28(26)30(33)36)20-6-4-3-5-7-20)25-15-14-24(38-25)18-8-13-22(31)23(32)17-18/h3-15,17,26-28H,2,16H2,1H3. The number of hydrogen-bond donors (Lipinski definition) is 0. The maximum Gasteiger partial charge on any atom is 0.266 e. The lowest BCUT2D eigenvalue weighted by atomic mass is 9.94. The SMILES string of the molecule is CCCOc1ccc(N2C(=O)C3ON(c4ccccc4)C(c4ccc(-c5ccc(Cl)c(Cl)c5)o4)C3C2=O)cc1. The summed E-state index contributed by atoms with van der Waals surface area (Å²) in [6.07, 6.45) is -0.123. The Morgan fingerprint density at radius 3 is 2.33 bits per heavy atom. The summed E-state index contributed by atoms with van der Waals surface area (Å²) in [5.74, 6) is 0.112. The fourth-order valence-electron chi connectivity index (χ4n) is 4.98. The van der Waals surface area contributed by atoms with Gasteiger partial charge in [-0.1, -0.05) is 48.3 Å². The maximum atomic E-state index is 13.9. The van der Waals surface area contributed by atoms with E-state index < -0.39 is 24.0 Å². The van der Waals surface area contributed by atoms with E-state index in [0.717, 1.165) is 12.0 Å². The summed E-state index contributed by atoms with van der Waals surface area (Å²) in [6, 6.07) is 24.4. The van der Waals surface area contributed by atoms with Crippen molar-refractivity contribution in [2.45, 2.75) is 25.5 Å². The van der Waals surface area contributed by atoms with Gasteiger partial charge in [0.15, 0.2) is 6.10 Å². The Kier molecular flexibility index (Phi) is 6.81. The van der Waals surface area contributed by atoms with Gasteiger partial charge in [-0.2, -0.15) is 0 Å². The van der Waals surface area contributed by atoms with Gasteiger partial charge in [-0.3, -0.25) is 14.4 Å². The van der Waals surface area contributed by atoms with Crippen molar-refractivity contribution in [2.24, 2.45) is 5.92 Å². The zero-order valence-electron chi connectivity index (χ0n) is 20.9. The average Bonchev–Trinajstić information content (AvgIpc) is 3.65. The fourth-order valence-corrected chi connectivity index (χ4v) is 5.28. The molecule has 7 nitrogen and oxygen atoms in total. The van der Waals surface area contributed by atoms with Gasteiger partial charge < -0.3 is 9.15 Å². The molecule has 3 heterocycles. The number of carbonyl (C=O) groups is 2. The van der Waals surface area contributed by atoms with E-state index in [9.17, 15) is 9.59 Å². The third-order valence-corrected chi connectivity index (χ3v) is 7.56. The summed E-state index contributed by atoms with van der Waals surface area (Å²) in [5.41, 5.74) is 1.90. The van der Waals surface area contributed by atoms with E-state index >= 15 is 0 Å². The summed E-state index contributed by atoms with van der Waals surface area (Å²) in [6.45, 7) is 2.61. The minimum atomic E-state index is -1.00. The number of halogens is 2. The Bertz CT molecular complexity index is 1520. The second-order valence-corrected chi connectivity index (χ2v) is 10.2. The van der Waals surface area contributed by atoms with Crippen molar-refractivity contribution in [3.8, 4) is 17.1 Å². The fraction of sp³-hybridized carbons (Fsp3) is 0.200. The van der Waals surface area contributed by atoms with Gasteiger partial charge in [0.2, 0.25) is 5.91 Å². The minimum Gasteiger partial charge on any atom is -0.494 e. The smallest absolute Gasteiger partial charge is 0.266 e. The van der Waals surface area contributed by atoms with E-state index in [4.69, 9.17) is 37.2 Å². The van der Waals surface area contributed by atoms with Gasteiger partial charge in [-0.15, -0.1) is 0 Å². The minimum absolute atomic E-state index is 0.358. The van der Waals surface area contributed by atoms with E-state index in [1.165, 1.54) is 4.90 Å². The van der Waals surface area contributed by atoms with Crippen molar-refractivity contribution in [2.75, 3.05) is 16.6 Å². The molecule has 2 aliphatic rings. The first-order valence-corrected chi connectivity index (χ1v) is 13.4. The number of rotatable bonds is 7. The number of nitrogens with zero attached hydrogens (tertiary/aromatic N) is 2. The van der Waals surface area contributed by atoms with Crippen molar-refractivity contribution in [3.05, 3.63) is 101 Å². The normalized spacial score (nSPS) is 20.5. The Morgan fingerprint density at radius 1 is 0.846 bits per heavy atom. The van der Waals surface area contributed by atoms with Crippen LogP contribution in [0.2, 0.25) is 10.0 Å². The van der Waals surface area contributed by atoms with Crippen LogP contribution in [0.5, 0.6) is 5.75 Å². The lowest BCUT2D eigenvalue weighted by molar-refractivity contribution is -0.126. The van der Waals surface area contributed by atoms with Crippen LogP contribution in [-0.4, -0.2) is 24.5 Å². The predicted molar refractivity (Wildman–Crippen MR) is 149 cm³/mol. The lowest BCUT2D eigenvalue weighted by Gasteiger charge is -2.27. The molecule has 3 atom stereocenters. The molecule has 3 aromatic carbocycles. The highest BCUT2D eigenvalue weighted by molar-refractivity contribution is 6.42. The molecule has 0 saturated carbocycles. The second-order valence-electron chi connectivity index (χ2n) is 9.34. The quantitative estimate of drug-likeness (QED) is 0.224. The molecule has 2 fully saturated rings. The van der Waals surface area contributed by atoms with E-state index in [1.807, 2.05) is 37.3 Å². The summed E-state index contributed by atoms with van der Waals surface area (Å²) in [5, 5.41) is 2.44. The van der Waals surface area contributed by atoms with E-state index in [0.29, 0.717) is 45.3 Å². The number of anilines is 2. The zero-order valence-corrected chi connectivity index (χ0v) is 22.4. The number of imide groups is 1. The maximum absolute atomic E-state index is 13.9. The van der Waals surface area contributed by atoms with Gasteiger partial charge in [0.05, 0.1) is 28.0 Å². The number of ether oxygens (including phenoxy) is 1. The molecule has 3 unspecified atom stereocenters. The summed E-state index contributed by atoms with van der Waals surface area (Å²) in [7, 11) is 0. The summed E-state index contributed by atoms with van der Waals surface area (Å²) >= 11 is 12.3. The van der Waals surface area contributed by atoms with Crippen LogP contribution in [-0.2, 0) is 14.4 Å². The van der Waals surface area contributed by atoms with Gasteiger partial charge in [0.25, 0.3) is 5.91 Å². The molecule has 0 radical (unpaired) electrons. The lowest BCUT2D eigenvalue weighted by Crippen LogP contribution is -2.37. The van der Waals surface area contributed by atoms with Crippen LogP contribution >= 0.6 is 23.2 Å². The third kappa shape index (κ3) is 4.56. The van der Waals surface area contributed by atoms with Crippen molar-refractivity contribution in [1.82, 2.24) is 0 Å². The first-order chi connectivity index (χ1) is 19.0. The second kappa shape index (κ2) is 10.4. The largest absolute Gasteiger partial charge is 0.494 e. The third-order valence-electron chi connectivity index (χ3n) is 6.82. The Hall–Kier alpha value is -3.78. The molecular weight excluding hydrogens is 539 g/mol. The molecule has 0 bridgehead atoms. The molecule has 0 aliphatic carbocycles. The Balaban J connectivity index is 1.36. The predicted octanol–water partition coefficient (Wildman–Crippen LogP) is 7.09. The number of furan rings is 1. The van der Waals surface area contributed by atoms with E-state index in [2.05, 4.69) is 0 Å². The van der Waals surface area contributed by atoms with Gasteiger partial charge in [0.1, 0.15) is 29.2 Å². The molecule has 2 saturated heterocycles. The van der Waals surface area contributed by atoms with Gasteiger partial charge in [0, 0.05) is 5.56 Å². The van der Waals surface area contributed by atoms with E-state index in [-0.39, 0.29) is 5.91 Å². The van der Waals surface area contributed by atoms with Crippen molar-refractivity contribution >= 4 is 46.4 Å². The van der Waals surface area contributed by atoms with Crippen LogP contribution in [0.15, 0.2) is 89.3 Å². The summed E-state index contributed by atoms with van der Waals surface area (Å²) in [4.78, 5) is 34.8. The van der Waals surface area contributed by atoms with Crippen LogP contribution in [0.1, 0.15) is 25.1 Å². The Morgan fingerprint density at radius 2 is 1.62 bits per heavy atom. The summed E-state index contributed by atoms with van der Waals surface area (Å²) < 4.78 is 11.9. The molecule has 9 heteroatoms. The van der Waals surface area contributed by atoms with Crippen LogP contribution < -0.4 is 14.7 Å². The van der Waals surface area contributed by atoms with E-state index in [1.54, 1.807) is 59.7 Å². The molecule has 6 rings (SSSR count). The van der Waals surface area contributed by atoms with Crippen LogP contribution in [0.3, 0.4) is 0 Å². The number of para-hydroxylation sites is 1. The molecule has 0 spiro atoms. The molecule has 1 aromatic heterocycles. The van der Waals surface area contributed by atoms with Crippen LogP contribution in [0.4, 0.5) is 11.4 Å². The van der Waals surface area contributed by atoms with Crippen LogP contribution in [0, 0.1) is 5.92 Å². The number of hydrogen-bond acceptors (Lipinski definition) is 6. The first-order valence-electron chi connectivity index (χ1n) is 12.6. The monoisotopic (exact) mass is 562 g/mol. The van der Waals surface area contributed by atoms with Crippen LogP contribution in [0.25, 0.3) is 11.3 Å². The topological polar surface area (TPSA) is 72.2 Å². The number of amides is 2. The zero-order chi connectivity index (χ0) is 27.1. The highest BCUT2D eigenvalue weighted by atomic mass is 35.5. The molecule has 4 aromatic rings. The van der Waals surface area contributed by atoms with Crippen molar-refractivity contribution in [1.29, 1.82) is 0 Å². The number of fused-ring (bicyclic) bond motifs is 1. The number of hydroxylamine groups is 1. The average molecular weight is 563 g/mol. The molecule has 0 N–H and O–H groups in total. The van der Waals surface area contributed by atoms with Gasteiger partial charge >= 0.3 is 0 Å².